The molecule has 0 bridgehead atoms. The van der Waals surface area contributed by atoms with Crippen molar-refractivity contribution in [3.8, 4) is 11.4 Å². The quantitative estimate of drug-likeness (QED) is 0.478. The van der Waals surface area contributed by atoms with Gasteiger partial charge in [0.25, 0.3) is 0 Å². The molecule has 3 heterocycles. The van der Waals surface area contributed by atoms with Gasteiger partial charge in [0.2, 0.25) is 5.82 Å². The molecule has 0 aliphatic carbocycles. The van der Waals surface area contributed by atoms with Gasteiger partial charge in [-0.3, -0.25) is 4.57 Å². The molecule has 0 unspecified atom stereocenters. The number of hydrogen-bond acceptors (Lipinski definition) is 4. The number of hydrogen-bond donors (Lipinski definition) is 1. The zero-order valence-electron chi connectivity index (χ0n) is 19.9. The van der Waals surface area contributed by atoms with E-state index in [0.29, 0.717) is 18.0 Å². The van der Waals surface area contributed by atoms with Crippen LogP contribution in [0.15, 0.2) is 60.9 Å². The van der Waals surface area contributed by atoms with Gasteiger partial charge in [0.05, 0.1) is 24.4 Å². The number of alkyl halides is 3. The molecule has 186 valence electrons. The lowest BCUT2D eigenvalue weighted by Gasteiger charge is -2.41. The van der Waals surface area contributed by atoms with Crippen LogP contribution in [-0.4, -0.2) is 34.4 Å². The smallest absolute Gasteiger partial charge is 0.450 e. The Morgan fingerprint density at radius 3 is 2.71 bits per heavy atom. The van der Waals surface area contributed by atoms with E-state index in [1.165, 1.54) is 18.0 Å². The third-order valence-corrected chi connectivity index (χ3v) is 6.92. The summed E-state index contributed by atoms with van der Waals surface area (Å²) in [6, 6.07) is 15.6. The van der Waals surface area contributed by atoms with E-state index in [2.05, 4.69) is 22.4 Å². The Morgan fingerprint density at radius 2 is 1.97 bits per heavy atom. The van der Waals surface area contributed by atoms with Crippen molar-refractivity contribution in [1.82, 2.24) is 14.9 Å². The van der Waals surface area contributed by atoms with E-state index in [9.17, 15) is 13.2 Å². The van der Waals surface area contributed by atoms with Gasteiger partial charge < -0.3 is 14.8 Å². The summed E-state index contributed by atoms with van der Waals surface area (Å²) in [7, 11) is 0. The van der Waals surface area contributed by atoms with Gasteiger partial charge in [-0.15, -0.1) is 0 Å². The van der Waals surface area contributed by atoms with E-state index in [0.717, 1.165) is 35.9 Å². The molecule has 2 fully saturated rings. The summed E-state index contributed by atoms with van der Waals surface area (Å²) in [6.45, 7) is 5.29. The van der Waals surface area contributed by atoms with Crippen molar-refractivity contribution in [1.29, 1.82) is 0 Å². The van der Waals surface area contributed by atoms with Crippen LogP contribution in [0.1, 0.15) is 62.0 Å². The zero-order chi connectivity index (χ0) is 24.6. The lowest BCUT2D eigenvalue weighted by Crippen LogP contribution is -2.48. The summed E-state index contributed by atoms with van der Waals surface area (Å²) >= 11 is 0. The Kier molecular flexibility index (Phi) is 6.36. The lowest BCUT2D eigenvalue weighted by molar-refractivity contribution is -0.145. The van der Waals surface area contributed by atoms with Crippen molar-refractivity contribution in [2.45, 2.75) is 63.0 Å². The van der Waals surface area contributed by atoms with Gasteiger partial charge in [0, 0.05) is 29.6 Å². The van der Waals surface area contributed by atoms with E-state index in [4.69, 9.17) is 9.47 Å². The van der Waals surface area contributed by atoms with Crippen LogP contribution in [-0.2, 0) is 10.9 Å². The maximum Gasteiger partial charge on any atom is 0.450 e. The second-order valence-corrected chi connectivity index (χ2v) is 9.69. The minimum Gasteiger partial charge on any atom is -0.491 e. The molecule has 2 saturated heterocycles. The molecule has 0 saturated carbocycles. The molecule has 1 spiro atoms. The second kappa shape index (κ2) is 9.32. The number of imidazole rings is 1. The third-order valence-electron chi connectivity index (χ3n) is 6.92. The summed E-state index contributed by atoms with van der Waals surface area (Å²) in [4.78, 5) is 3.55. The Balaban J connectivity index is 1.51. The van der Waals surface area contributed by atoms with Crippen molar-refractivity contribution < 1.29 is 22.6 Å². The number of aromatic nitrogens is 2. The molecule has 2 aromatic carbocycles. The highest BCUT2D eigenvalue weighted by atomic mass is 19.4. The Bertz CT molecular complexity index is 1160. The molecular weight excluding hydrogens is 455 g/mol. The maximum atomic E-state index is 13.5. The van der Waals surface area contributed by atoms with Crippen molar-refractivity contribution in [2.24, 2.45) is 0 Å². The summed E-state index contributed by atoms with van der Waals surface area (Å²) in [5, 5.41) is 3.65. The average molecular weight is 486 g/mol. The molecule has 5 rings (SSSR count). The standard InChI is InChI=1S/C27H30F3N3O2/c1-18(2)35-23-10-9-21(33-14-13-32-25(33)27(28,29)30)15-22(23)20-16-26(34-17-20)11-6-12-31-24(26)19-7-4-3-5-8-19/h3-5,7-10,13-15,18,20,24,31H,6,11-12,16-17H2,1-2H3/t20-,24+,26-/m1/s1. The normalized spacial score (nSPS) is 24.9. The first-order chi connectivity index (χ1) is 16.8. The fourth-order valence-electron chi connectivity index (χ4n) is 5.50. The number of benzene rings is 2. The van der Waals surface area contributed by atoms with Gasteiger partial charge in [-0.2, -0.15) is 13.2 Å². The van der Waals surface area contributed by atoms with E-state index >= 15 is 0 Å². The first-order valence-electron chi connectivity index (χ1n) is 12.1. The second-order valence-electron chi connectivity index (χ2n) is 9.69. The Labute approximate surface area is 203 Å². The highest BCUT2D eigenvalue weighted by Gasteiger charge is 2.49. The fraction of sp³-hybridized carbons (Fsp3) is 0.444. The highest BCUT2D eigenvalue weighted by Crippen LogP contribution is 2.50. The van der Waals surface area contributed by atoms with Crippen LogP contribution in [0.25, 0.3) is 5.69 Å². The molecular formula is C27H30F3N3O2. The zero-order valence-corrected chi connectivity index (χ0v) is 19.9. The van der Waals surface area contributed by atoms with Gasteiger partial charge in [0.15, 0.2) is 0 Å². The lowest BCUT2D eigenvalue weighted by atomic mass is 9.77. The minimum absolute atomic E-state index is 0.00679. The van der Waals surface area contributed by atoms with E-state index in [1.807, 2.05) is 32.0 Å². The number of ether oxygens (including phenoxy) is 2. The molecule has 8 heteroatoms. The van der Waals surface area contributed by atoms with E-state index in [-0.39, 0.29) is 23.7 Å². The third kappa shape index (κ3) is 4.69. The average Bonchev–Trinajstić information content (AvgIpc) is 3.48. The molecule has 3 atom stereocenters. The topological polar surface area (TPSA) is 48.3 Å². The van der Waals surface area contributed by atoms with Crippen molar-refractivity contribution in [2.75, 3.05) is 13.2 Å². The molecule has 3 aromatic rings. The Hall–Kier alpha value is -2.84. The number of halogens is 3. The molecule has 2 aliphatic heterocycles. The van der Waals surface area contributed by atoms with Crippen LogP contribution in [0.2, 0.25) is 0 Å². The van der Waals surface area contributed by atoms with Gasteiger partial charge in [-0.05, 0) is 63.4 Å². The van der Waals surface area contributed by atoms with Gasteiger partial charge in [-0.25, -0.2) is 4.98 Å². The first kappa shape index (κ1) is 23.9. The highest BCUT2D eigenvalue weighted by molar-refractivity contribution is 5.48. The molecule has 5 nitrogen and oxygen atoms in total. The van der Waals surface area contributed by atoms with Crippen LogP contribution in [0.4, 0.5) is 13.2 Å². The molecule has 1 aromatic heterocycles. The summed E-state index contributed by atoms with van der Waals surface area (Å²) in [6.07, 6.45) is 0.594. The van der Waals surface area contributed by atoms with Crippen molar-refractivity contribution >= 4 is 0 Å². The number of piperidine rings is 1. The maximum absolute atomic E-state index is 13.5. The predicted molar refractivity (Wildman–Crippen MR) is 127 cm³/mol. The van der Waals surface area contributed by atoms with Crippen LogP contribution in [0.5, 0.6) is 5.75 Å². The van der Waals surface area contributed by atoms with Gasteiger partial charge >= 0.3 is 6.18 Å². The monoisotopic (exact) mass is 485 g/mol. The molecule has 2 aliphatic rings. The molecule has 0 amide bonds. The van der Waals surface area contributed by atoms with Crippen LogP contribution < -0.4 is 10.1 Å². The summed E-state index contributed by atoms with van der Waals surface area (Å²) < 4.78 is 54.3. The first-order valence-corrected chi connectivity index (χ1v) is 12.1. The van der Waals surface area contributed by atoms with Gasteiger partial charge in [0.1, 0.15) is 5.75 Å². The fourth-order valence-corrected chi connectivity index (χ4v) is 5.50. The van der Waals surface area contributed by atoms with Crippen molar-refractivity contribution in [3.63, 3.8) is 0 Å². The molecule has 35 heavy (non-hydrogen) atoms. The summed E-state index contributed by atoms with van der Waals surface area (Å²) in [5.41, 5.74) is 2.09. The minimum atomic E-state index is -4.55. The van der Waals surface area contributed by atoms with Crippen molar-refractivity contribution in [3.05, 3.63) is 77.9 Å². The number of rotatable bonds is 5. The number of nitrogens with zero attached hydrogens (tertiary/aromatic N) is 2. The van der Waals surface area contributed by atoms with Crippen LogP contribution in [0.3, 0.4) is 0 Å². The largest absolute Gasteiger partial charge is 0.491 e. The van der Waals surface area contributed by atoms with Gasteiger partial charge in [-0.1, -0.05) is 30.3 Å². The molecule has 1 N–H and O–H groups in total. The van der Waals surface area contributed by atoms with E-state index in [1.54, 1.807) is 18.2 Å². The SMILES string of the molecule is CC(C)Oc1ccc(-n2ccnc2C(F)(F)F)cc1[C@H]1CO[C@]2(CCCN[C@H]2c2ccccc2)C1. The molecule has 0 radical (unpaired) electrons. The Morgan fingerprint density at radius 1 is 1.17 bits per heavy atom. The van der Waals surface area contributed by atoms with Crippen LogP contribution in [0, 0.1) is 0 Å². The van der Waals surface area contributed by atoms with Crippen LogP contribution >= 0.6 is 0 Å². The predicted octanol–water partition coefficient (Wildman–Crippen LogP) is 6.05. The number of nitrogens with one attached hydrogen (secondary N) is 1. The van der Waals surface area contributed by atoms with E-state index < -0.39 is 12.0 Å². The summed E-state index contributed by atoms with van der Waals surface area (Å²) in [5.74, 6) is -0.267.